The number of hydrogen-bond donors (Lipinski definition) is 3. The summed E-state index contributed by atoms with van der Waals surface area (Å²) in [6.07, 6.45) is 6.48. The van der Waals surface area contributed by atoms with E-state index in [0.717, 1.165) is 17.7 Å². The minimum atomic E-state index is -0.908. The molecule has 7 heteroatoms. The first-order chi connectivity index (χ1) is 14.0. The molecule has 7 nitrogen and oxygen atoms in total. The van der Waals surface area contributed by atoms with E-state index in [9.17, 15) is 4.79 Å². The Bertz CT molecular complexity index is 1090. The summed E-state index contributed by atoms with van der Waals surface area (Å²) in [5.74, 6) is 3.18. The first-order valence-corrected chi connectivity index (χ1v) is 9.28. The molecule has 0 saturated heterocycles. The second-order valence-electron chi connectivity index (χ2n) is 6.49. The van der Waals surface area contributed by atoms with Crippen LogP contribution in [0.4, 0.5) is 17.2 Å². The quantitative estimate of drug-likeness (QED) is 0.397. The Morgan fingerprint density at radius 2 is 2.14 bits per heavy atom. The molecule has 0 spiro atoms. The molecule has 0 fully saturated rings. The number of anilines is 3. The minimum Gasteiger partial charge on any atom is -0.491 e. The van der Waals surface area contributed by atoms with Crippen LogP contribution in [0.2, 0.25) is 0 Å². The topological polar surface area (TPSA) is 110 Å². The number of nitrogens with one attached hydrogen (secondary N) is 1. The van der Waals surface area contributed by atoms with Gasteiger partial charge in [-0.25, -0.2) is 9.97 Å². The predicted molar refractivity (Wildman–Crippen MR) is 113 cm³/mol. The summed E-state index contributed by atoms with van der Waals surface area (Å²) in [4.78, 5) is 20.0. The number of carboxylic acids is 1. The zero-order valence-electron chi connectivity index (χ0n) is 16.1. The Kier molecular flexibility index (Phi) is 6.15. The molecule has 3 rings (SSSR count). The average Bonchev–Trinajstić information content (AvgIpc) is 2.71. The normalized spacial score (nSPS) is 10.5. The average molecular weight is 390 g/mol. The van der Waals surface area contributed by atoms with Gasteiger partial charge in [0.1, 0.15) is 17.4 Å². The predicted octanol–water partition coefficient (Wildman–Crippen LogP) is 3.74. The molecule has 3 aromatic rings. The van der Waals surface area contributed by atoms with Gasteiger partial charge in [0.25, 0.3) is 0 Å². The molecule has 0 bridgehead atoms. The molecule has 29 heavy (non-hydrogen) atoms. The van der Waals surface area contributed by atoms with Crippen molar-refractivity contribution in [3.05, 3.63) is 47.8 Å². The summed E-state index contributed by atoms with van der Waals surface area (Å²) in [6, 6.07) is 10.9. The fourth-order valence-corrected chi connectivity index (χ4v) is 2.81. The largest absolute Gasteiger partial charge is 0.491 e. The molecular formula is C22H22N4O3. The van der Waals surface area contributed by atoms with Crippen LogP contribution in [0.1, 0.15) is 31.2 Å². The summed E-state index contributed by atoms with van der Waals surface area (Å²) < 4.78 is 5.70. The maximum Gasteiger partial charge on any atom is 0.303 e. The van der Waals surface area contributed by atoms with E-state index < -0.39 is 5.97 Å². The summed E-state index contributed by atoms with van der Waals surface area (Å²) in [5.41, 5.74) is 8.75. The summed E-state index contributed by atoms with van der Waals surface area (Å²) >= 11 is 0. The second kappa shape index (κ2) is 8.93. The maximum atomic E-state index is 11.0. The van der Waals surface area contributed by atoms with Gasteiger partial charge in [-0.3, -0.25) is 4.79 Å². The van der Waals surface area contributed by atoms with Gasteiger partial charge in [-0.05, 0) is 30.7 Å². The second-order valence-corrected chi connectivity index (χ2v) is 6.49. The number of rotatable bonds is 8. The molecule has 0 radical (unpaired) electrons. The molecule has 1 aromatic heterocycles. The van der Waals surface area contributed by atoms with Crippen molar-refractivity contribution < 1.29 is 14.6 Å². The van der Waals surface area contributed by atoms with Crippen molar-refractivity contribution in [3.63, 3.8) is 0 Å². The minimum absolute atomic E-state index is 0.0638. The third-order valence-corrected chi connectivity index (χ3v) is 4.19. The molecule has 148 valence electrons. The molecule has 0 aliphatic heterocycles. The lowest BCUT2D eigenvalue weighted by molar-refractivity contribution is -0.137. The number of nitrogens with two attached hydrogens (primary N) is 1. The fourth-order valence-electron chi connectivity index (χ4n) is 2.81. The Labute approximate surface area is 168 Å². The van der Waals surface area contributed by atoms with Crippen molar-refractivity contribution >= 4 is 34.1 Å². The van der Waals surface area contributed by atoms with E-state index in [-0.39, 0.29) is 12.8 Å². The Morgan fingerprint density at radius 3 is 2.86 bits per heavy atom. The number of benzene rings is 2. The Morgan fingerprint density at radius 1 is 1.31 bits per heavy atom. The monoisotopic (exact) mass is 390 g/mol. The van der Waals surface area contributed by atoms with Gasteiger partial charge in [0.15, 0.2) is 0 Å². The highest BCUT2D eigenvalue weighted by molar-refractivity contribution is 5.94. The molecule has 0 aliphatic carbocycles. The van der Waals surface area contributed by atoms with Gasteiger partial charge < -0.3 is 20.9 Å². The smallest absolute Gasteiger partial charge is 0.303 e. The lowest BCUT2D eigenvalue weighted by Gasteiger charge is -2.14. The number of carbonyl (C=O) groups is 1. The molecular weight excluding hydrogens is 368 g/mol. The van der Waals surface area contributed by atoms with Gasteiger partial charge in [-0.15, -0.1) is 6.42 Å². The third-order valence-electron chi connectivity index (χ3n) is 4.19. The summed E-state index contributed by atoms with van der Waals surface area (Å²) in [6.45, 7) is 2.55. The molecule has 0 aliphatic rings. The summed E-state index contributed by atoms with van der Waals surface area (Å²) in [7, 11) is 0. The number of aryl methyl sites for hydroxylation is 1. The Balaban J connectivity index is 2.07. The molecule has 0 saturated carbocycles. The maximum absolute atomic E-state index is 11.0. The molecule has 2 aromatic carbocycles. The van der Waals surface area contributed by atoms with Gasteiger partial charge in [0, 0.05) is 29.1 Å². The van der Waals surface area contributed by atoms with Crippen LogP contribution in [0.3, 0.4) is 0 Å². The number of terminal acetylenes is 1. The molecule has 0 amide bonds. The van der Waals surface area contributed by atoms with Crippen molar-refractivity contribution in [1.29, 1.82) is 0 Å². The molecule has 1 heterocycles. The highest BCUT2D eigenvalue weighted by Crippen LogP contribution is 2.32. The zero-order chi connectivity index (χ0) is 20.8. The molecule has 0 atom stereocenters. The van der Waals surface area contributed by atoms with Crippen molar-refractivity contribution in [2.24, 2.45) is 0 Å². The first-order valence-electron chi connectivity index (χ1n) is 9.28. The SMILES string of the molecule is C#Cc1cccc(Nc2nc(CCC(=O)O)nc3cc(OCCC)c(N)cc23)c1. The number of nitrogen functional groups attached to an aromatic ring is 1. The van der Waals surface area contributed by atoms with E-state index in [2.05, 4.69) is 21.2 Å². The number of carboxylic acid groups (broad SMARTS) is 1. The standard InChI is InChI=1S/C22H22N4O3/c1-3-10-29-19-13-18-16(12-17(19)23)22(26-20(25-18)8-9-21(27)28)24-15-7-5-6-14(4-2)11-15/h2,5-7,11-13H,3,8-10,23H2,1H3,(H,27,28)(H,24,25,26). The van der Waals surface area contributed by atoms with Crippen molar-refractivity contribution in [1.82, 2.24) is 9.97 Å². The van der Waals surface area contributed by atoms with Crippen LogP contribution in [0.15, 0.2) is 36.4 Å². The van der Waals surface area contributed by atoms with Crippen LogP contribution < -0.4 is 15.8 Å². The number of fused-ring (bicyclic) bond motifs is 1. The van der Waals surface area contributed by atoms with Gasteiger partial charge in [0.05, 0.1) is 24.2 Å². The molecule has 4 N–H and O–H groups in total. The van der Waals surface area contributed by atoms with Crippen molar-refractivity contribution in [2.45, 2.75) is 26.2 Å². The van der Waals surface area contributed by atoms with Crippen LogP contribution in [0.25, 0.3) is 10.9 Å². The van der Waals surface area contributed by atoms with Crippen molar-refractivity contribution in [2.75, 3.05) is 17.7 Å². The van der Waals surface area contributed by atoms with Crippen LogP contribution >= 0.6 is 0 Å². The van der Waals surface area contributed by atoms with Crippen LogP contribution in [0, 0.1) is 12.3 Å². The zero-order valence-corrected chi connectivity index (χ0v) is 16.1. The number of nitrogens with zero attached hydrogens (tertiary/aromatic N) is 2. The number of hydrogen-bond acceptors (Lipinski definition) is 6. The van der Waals surface area contributed by atoms with E-state index >= 15 is 0 Å². The fraction of sp³-hybridized carbons (Fsp3) is 0.227. The van der Waals surface area contributed by atoms with Gasteiger partial charge >= 0.3 is 5.97 Å². The number of aromatic nitrogens is 2. The third kappa shape index (κ3) is 4.93. The molecule has 0 unspecified atom stereocenters. The lowest BCUT2D eigenvalue weighted by Crippen LogP contribution is -2.06. The highest BCUT2D eigenvalue weighted by Gasteiger charge is 2.13. The van der Waals surface area contributed by atoms with E-state index in [1.54, 1.807) is 12.1 Å². The Hall–Kier alpha value is -3.79. The lowest BCUT2D eigenvalue weighted by atomic mass is 10.1. The van der Waals surface area contributed by atoms with E-state index in [4.69, 9.17) is 22.0 Å². The summed E-state index contributed by atoms with van der Waals surface area (Å²) in [5, 5.41) is 13.0. The van der Waals surface area contributed by atoms with E-state index in [0.29, 0.717) is 40.6 Å². The van der Waals surface area contributed by atoms with Gasteiger partial charge in [0.2, 0.25) is 0 Å². The first kappa shape index (κ1) is 20.0. The number of aliphatic carboxylic acids is 1. The van der Waals surface area contributed by atoms with Gasteiger partial charge in [-0.2, -0.15) is 0 Å². The van der Waals surface area contributed by atoms with E-state index in [1.807, 2.05) is 31.2 Å². The van der Waals surface area contributed by atoms with Crippen LogP contribution in [-0.4, -0.2) is 27.7 Å². The highest BCUT2D eigenvalue weighted by atomic mass is 16.5. The van der Waals surface area contributed by atoms with Crippen LogP contribution in [0.5, 0.6) is 5.75 Å². The van der Waals surface area contributed by atoms with Crippen molar-refractivity contribution in [3.8, 4) is 18.1 Å². The number of ether oxygens (including phenoxy) is 1. The van der Waals surface area contributed by atoms with Crippen LogP contribution in [-0.2, 0) is 11.2 Å². The van der Waals surface area contributed by atoms with Gasteiger partial charge in [-0.1, -0.05) is 18.9 Å². The van der Waals surface area contributed by atoms with E-state index in [1.165, 1.54) is 0 Å².